The van der Waals surface area contributed by atoms with E-state index in [1.165, 1.54) is 57.8 Å². The normalized spacial score (nSPS) is 17.0. The minimum absolute atomic E-state index is 0.102. The molecule has 0 aromatic carbocycles. The van der Waals surface area contributed by atoms with Gasteiger partial charge < -0.3 is 15.5 Å². The predicted octanol–water partition coefficient (Wildman–Crippen LogP) is 10.1. The molecule has 0 rings (SSSR count). The Balaban J connectivity index is 3.82. The third kappa shape index (κ3) is 28.4. The molecule has 4 heteroatoms. The number of hydrogen-bond donors (Lipinski definition) is 3. The summed E-state index contributed by atoms with van der Waals surface area (Å²) in [6.45, 7) is -1.05. The lowest BCUT2D eigenvalue weighted by Gasteiger charge is -2.20. The zero-order valence-electron chi connectivity index (χ0n) is 32.9. The molecule has 0 saturated heterocycles. The Labute approximate surface area is 259 Å². The molecule has 4 nitrogen and oxygen atoms in total. The summed E-state index contributed by atoms with van der Waals surface area (Å²) in [6, 6.07) is -0.704. The fourth-order valence-corrected chi connectivity index (χ4v) is 4.84. The number of nitrogens with one attached hydrogen (secondary N) is 1. The Hall–Kier alpha value is -1.13. The van der Waals surface area contributed by atoms with Crippen molar-refractivity contribution in [3.63, 3.8) is 0 Å². The molecule has 1 amide bonds. The average Bonchev–Trinajstić information content (AvgIpc) is 3.01. The summed E-state index contributed by atoms with van der Waals surface area (Å²) >= 11 is 0. The van der Waals surface area contributed by atoms with E-state index in [1.54, 1.807) is 6.08 Å². The second-order valence-electron chi connectivity index (χ2n) is 11.3. The lowest BCUT2D eigenvalue weighted by atomic mass is 10.0. The lowest BCUT2D eigenvalue weighted by Crippen LogP contribution is -2.45. The summed E-state index contributed by atoms with van der Waals surface area (Å²) in [5, 5.41) is 22.8. The summed E-state index contributed by atoms with van der Waals surface area (Å²) in [6.07, 6.45) is 26.0. The molecule has 0 radical (unpaired) electrons. The molecule has 0 bridgehead atoms. The quantitative estimate of drug-likeness (QED) is 0.0573. The zero-order chi connectivity index (χ0) is 35.4. The van der Waals surface area contributed by atoms with Crippen LogP contribution < -0.4 is 5.32 Å². The summed E-state index contributed by atoms with van der Waals surface area (Å²) in [5.41, 5.74) is 0. The molecule has 0 aliphatic heterocycles. The van der Waals surface area contributed by atoms with Crippen LogP contribution in [0.2, 0.25) is 0 Å². The Kier molecular flexibility index (Phi) is 22.4. The average molecular weight is 571 g/mol. The molecule has 0 aliphatic carbocycles. The van der Waals surface area contributed by atoms with Crippen LogP contribution in [0.4, 0.5) is 0 Å². The summed E-state index contributed by atoms with van der Waals surface area (Å²) in [7, 11) is 0. The molecular formula is C36H69NO3. The molecule has 0 unspecified atom stereocenters. The molecule has 0 heterocycles. The van der Waals surface area contributed by atoms with Crippen LogP contribution in [0.1, 0.15) is 190 Å². The van der Waals surface area contributed by atoms with Gasteiger partial charge in [0.1, 0.15) is 0 Å². The number of aliphatic hydroxyl groups is 2. The van der Waals surface area contributed by atoms with Crippen LogP contribution in [-0.2, 0) is 4.79 Å². The fourth-order valence-electron chi connectivity index (χ4n) is 4.84. The van der Waals surface area contributed by atoms with Gasteiger partial charge >= 0.3 is 0 Å². The second-order valence-corrected chi connectivity index (χ2v) is 11.3. The topological polar surface area (TPSA) is 69.6 Å². The zero-order valence-corrected chi connectivity index (χ0v) is 25.9. The van der Waals surface area contributed by atoms with Crippen LogP contribution in [0.5, 0.6) is 0 Å². The maximum atomic E-state index is 12.3. The molecule has 0 aromatic heterocycles. The molecule has 236 valence electrons. The Bertz CT molecular complexity index is 819. The second kappa shape index (κ2) is 32.4. The van der Waals surface area contributed by atoms with Crippen molar-refractivity contribution in [2.24, 2.45) is 0 Å². The largest absolute Gasteiger partial charge is 0.394 e. The first-order valence-corrected chi connectivity index (χ1v) is 16.7. The fraction of sp³-hybridized carbons (Fsp3) is 0.861. The molecule has 2 atom stereocenters. The van der Waals surface area contributed by atoms with E-state index in [4.69, 9.17) is 9.60 Å². The Morgan fingerprint density at radius 1 is 0.725 bits per heavy atom. The first-order valence-electron chi connectivity index (χ1n) is 20.2. The number of rotatable bonds is 31. The maximum Gasteiger partial charge on any atom is 0.220 e. The molecular weight excluding hydrogens is 494 g/mol. The van der Waals surface area contributed by atoms with Gasteiger partial charge in [-0.15, -0.1) is 0 Å². The van der Waals surface area contributed by atoms with Crippen LogP contribution >= 0.6 is 0 Å². The van der Waals surface area contributed by atoms with Crippen LogP contribution in [0.3, 0.4) is 0 Å². The maximum absolute atomic E-state index is 12.3. The van der Waals surface area contributed by atoms with Crippen molar-refractivity contribution < 1.29 is 24.6 Å². The van der Waals surface area contributed by atoms with E-state index in [0.29, 0.717) is 12.8 Å². The van der Waals surface area contributed by atoms with Gasteiger partial charge in [0.25, 0.3) is 0 Å². The van der Waals surface area contributed by atoms with Crippen LogP contribution in [0, 0.1) is 0 Å². The minimum atomic E-state index is -2.98. The van der Waals surface area contributed by atoms with Gasteiger partial charge in [0.05, 0.1) is 18.8 Å². The van der Waals surface area contributed by atoms with Gasteiger partial charge in [-0.1, -0.05) is 154 Å². The molecule has 0 spiro atoms. The Morgan fingerprint density at radius 2 is 1.20 bits per heavy atom. The van der Waals surface area contributed by atoms with E-state index in [9.17, 15) is 15.0 Å². The summed E-state index contributed by atoms with van der Waals surface area (Å²) in [4.78, 5) is 12.3. The van der Waals surface area contributed by atoms with Gasteiger partial charge in [-0.3, -0.25) is 4.79 Å². The number of amides is 1. The van der Waals surface area contributed by atoms with Crippen LogP contribution in [-0.4, -0.2) is 34.9 Å². The third-order valence-corrected chi connectivity index (χ3v) is 7.47. The van der Waals surface area contributed by atoms with Crippen molar-refractivity contribution in [1.82, 2.24) is 5.32 Å². The lowest BCUT2D eigenvalue weighted by molar-refractivity contribution is -0.123. The van der Waals surface area contributed by atoms with Gasteiger partial charge in [0.15, 0.2) is 0 Å². The van der Waals surface area contributed by atoms with Gasteiger partial charge in [-0.2, -0.15) is 0 Å². The van der Waals surface area contributed by atoms with E-state index in [2.05, 4.69) is 24.4 Å². The standard InChI is InChI=1S/C36H69NO3/c1-3-5-7-9-11-13-15-17-18-20-22-24-26-28-30-32-36(40)37-34(33-38)35(39)31-29-27-25-23-21-19-16-14-12-10-8-6-4-2/h17-18,29,31,34-35,38-39H,3-16,19-28,30,32-33H2,1-2H3,(H,37,40)/b18-17+,31-29+/t34-,35+/m0/s1/i2D3,4D2,6D2. The first kappa shape index (κ1) is 27.7. The van der Waals surface area contributed by atoms with E-state index >= 15 is 0 Å². The molecule has 0 aromatic rings. The highest BCUT2D eigenvalue weighted by Gasteiger charge is 2.17. The van der Waals surface area contributed by atoms with Gasteiger partial charge in [-0.05, 0) is 44.9 Å². The van der Waals surface area contributed by atoms with E-state index < -0.39 is 31.7 Å². The van der Waals surface area contributed by atoms with Crippen molar-refractivity contribution in [2.45, 2.75) is 193 Å². The smallest absolute Gasteiger partial charge is 0.220 e. The number of carbonyl (C=O) groups excluding carboxylic acids is 1. The van der Waals surface area contributed by atoms with Crippen molar-refractivity contribution in [2.75, 3.05) is 6.61 Å². The SMILES string of the molecule is [2H]C([2H])([2H])C([2H])([2H])C([2H])([2H])CCCCCCCCCC/C=C/[C@@H](O)[C@H](CO)NC(=O)CCCCCCC/C=C/CCCCCCCC. The van der Waals surface area contributed by atoms with Crippen LogP contribution in [0.25, 0.3) is 0 Å². The van der Waals surface area contributed by atoms with Crippen LogP contribution in [0.15, 0.2) is 24.3 Å². The highest BCUT2D eigenvalue weighted by Crippen LogP contribution is 2.13. The number of hydrogen-bond acceptors (Lipinski definition) is 3. The summed E-state index contributed by atoms with van der Waals surface area (Å²) in [5.74, 6) is -0.135. The minimum Gasteiger partial charge on any atom is -0.394 e. The van der Waals surface area contributed by atoms with Gasteiger partial charge in [0.2, 0.25) is 5.91 Å². The number of unbranched alkanes of at least 4 members (excludes halogenated alkanes) is 19. The van der Waals surface area contributed by atoms with E-state index in [-0.39, 0.29) is 18.9 Å². The molecule has 40 heavy (non-hydrogen) atoms. The number of aliphatic hydroxyl groups excluding tert-OH is 2. The predicted molar refractivity (Wildman–Crippen MR) is 175 cm³/mol. The third-order valence-electron chi connectivity index (χ3n) is 7.47. The monoisotopic (exact) mass is 571 g/mol. The first-order chi connectivity index (χ1) is 22.3. The van der Waals surface area contributed by atoms with Gasteiger partial charge in [-0.25, -0.2) is 0 Å². The van der Waals surface area contributed by atoms with Gasteiger partial charge in [0, 0.05) is 16.0 Å². The van der Waals surface area contributed by atoms with E-state index in [1.807, 2.05) is 6.08 Å². The van der Waals surface area contributed by atoms with E-state index in [0.717, 1.165) is 77.0 Å². The van der Waals surface area contributed by atoms with Crippen molar-refractivity contribution in [3.8, 4) is 0 Å². The molecule has 0 aliphatic rings. The van der Waals surface area contributed by atoms with Crippen molar-refractivity contribution >= 4 is 5.91 Å². The van der Waals surface area contributed by atoms with Crippen molar-refractivity contribution in [3.05, 3.63) is 24.3 Å². The summed E-state index contributed by atoms with van der Waals surface area (Å²) < 4.78 is 52.8. The molecule has 0 saturated carbocycles. The number of allylic oxidation sites excluding steroid dienone is 3. The Morgan fingerprint density at radius 3 is 1.73 bits per heavy atom. The van der Waals surface area contributed by atoms with Crippen molar-refractivity contribution in [1.29, 1.82) is 0 Å². The number of carbonyl (C=O) groups is 1. The highest BCUT2D eigenvalue weighted by atomic mass is 16.3. The highest BCUT2D eigenvalue weighted by molar-refractivity contribution is 5.76. The molecule has 3 N–H and O–H groups in total. The molecule has 0 fully saturated rings.